The van der Waals surface area contributed by atoms with Crippen molar-refractivity contribution in [1.82, 2.24) is 14.7 Å². The number of anilines is 1. The molecule has 0 bridgehead atoms. The van der Waals surface area contributed by atoms with E-state index >= 15 is 0 Å². The van der Waals surface area contributed by atoms with Crippen LogP contribution < -0.4 is 5.73 Å². The van der Waals surface area contributed by atoms with Crippen LogP contribution in [0.25, 0.3) is 0 Å². The zero-order valence-electron chi connectivity index (χ0n) is 13.4. The molecule has 0 spiro atoms. The van der Waals surface area contributed by atoms with Crippen LogP contribution in [-0.4, -0.2) is 39.5 Å². The maximum absolute atomic E-state index is 12.0. The lowest BCUT2D eigenvalue weighted by Gasteiger charge is -2.35. The number of nitrogens with zero attached hydrogens (tertiary/aromatic N) is 3. The number of nitrogen functional groups attached to an aromatic ring is 1. The van der Waals surface area contributed by atoms with Crippen molar-refractivity contribution in [2.75, 3.05) is 18.8 Å². The predicted molar refractivity (Wildman–Crippen MR) is 81.9 cm³/mol. The number of carbonyl (C=O) groups excluding carboxylic acids is 1. The number of hydrogen-bond donors (Lipinski definition) is 1. The molecule has 2 heterocycles. The first kappa shape index (κ1) is 15.7. The summed E-state index contributed by atoms with van der Waals surface area (Å²) in [5.41, 5.74) is 5.97. The number of carbonyl (C=O) groups is 1. The molecule has 0 saturated carbocycles. The lowest BCUT2D eigenvalue weighted by atomic mass is 9.90. The Labute approximate surface area is 126 Å². The van der Waals surface area contributed by atoms with Crippen LogP contribution in [0.4, 0.5) is 10.5 Å². The van der Waals surface area contributed by atoms with Crippen LogP contribution in [-0.2, 0) is 4.74 Å². The maximum atomic E-state index is 12.0. The molecule has 1 fully saturated rings. The molecule has 1 aromatic rings. The zero-order valence-corrected chi connectivity index (χ0v) is 13.4. The fourth-order valence-electron chi connectivity index (χ4n) is 2.68. The molecule has 2 rings (SSSR count). The van der Waals surface area contributed by atoms with Crippen molar-refractivity contribution >= 4 is 11.8 Å². The highest BCUT2D eigenvalue weighted by Crippen LogP contribution is 2.29. The van der Waals surface area contributed by atoms with Crippen LogP contribution in [0.3, 0.4) is 0 Å². The van der Waals surface area contributed by atoms with Gasteiger partial charge in [0.1, 0.15) is 5.60 Å². The normalized spacial score (nSPS) is 18.6. The lowest BCUT2D eigenvalue weighted by Crippen LogP contribution is -2.42. The van der Waals surface area contributed by atoms with E-state index in [1.165, 1.54) is 0 Å². The molecule has 0 aromatic carbocycles. The Morgan fingerprint density at radius 3 is 2.52 bits per heavy atom. The molecule has 21 heavy (non-hydrogen) atoms. The highest BCUT2D eigenvalue weighted by Gasteiger charge is 2.29. The van der Waals surface area contributed by atoms with E-state index in [4.69, 9.17) is 10.5 Å². The topological polar surface area (TPSA) is 73.4 Å². The molecular formula is C15H26N4O2. The van der Waals surface area contributed by atoms with Crippen LogP contribution in [0, 0.1) is 5.92 Å². The number of nitrogens with two attached hydrogens (primary N) is 1. The van der Waals surface area contributed by atoms with Gasteiger partial charge in [0, 0.05) is 19.3 Å². The van der Waals surface area contributed by atoms with Crippen molar-refractivity contribution in [2.24, 2.45) is 5.92 Å². The quantitative estimate of drug-likeness (QED) is 0.910. The first-order valence-corrected chi connectivity index (χ1v) is 7.54. The van der Waals surface area contributed by atoms with Crippen molar-refractivity contribution in [2.45, 2.75) is 52.2 Å². The highest BCUT2D eigenvalue weighted by atomic mass is 16.6. The van der Waals surface area contributed by atoms with E-state index in [0.717, 1.165) is 25.9 Å². The van der Waals surface area contributed by atoms with Crippen molar-refractivity contribution in [3.63, 3.8) is 0 Å². The van der Waals surface area contributed by atoms with Gasteiger partial charge in [0.15, 0.2) is 0 Å². The molecule has 0 aliphatic carbocycles. The average Bonchev–Trinajstić information content (AvgIpc) is 2.83. The summed E-state index contributed by atoms with van der Waals surface area (Å²) in [4.78, 5) is 13.8. The van der Waals surface area contributed by atoms with Crippen molar-refractivity contribution in [3.05, 3.63) is 12.4 Å². The van der Waals surface area contributed by atoms with Crippen LogP contribution >= 0.6 is 0 Å². The van der Waals surface area contributed by atoms with Gasteiger partial charge in [-0.05, 0) is 46.5 Å². The summed E-state index contributed by atoms with van der Waals surface area (Å²) < 4.78 is 7.33. The van der Waals surface area contributed by atoms with Crippen molar-refractivity contribution in [3.8, 4) is 0 Å². The van der Waals surface area contributed by atoms with Crippen molar-refractivity contribution in [1.29, 1.82) is 0 Å². The Balaban J connectivity index is 1.87. The summed E-state index contributed by atoms with van der Waals surface area (Å²) in [5.74, 6) is 0.503. The summed E-state index contributed by atoms with van der Waals surface area (Å²) in [5, 5.41) is 4.28. The molecule has 1 aliphatic rings. The van der Waals surface area contributed by atoms with E-state index in [1.807, 2.05) is 31.6 Å². The van der Waals surface area contributed by atoms with E-state index in [1.54, 1.807) is 11.1 Å². The third kappa shape index (κ3) is 4.12. The predicted octanol–water partition coefficient (Wildman–Crippen LogP) is 2.67. The number of ether oxygens (including phenoxy) is 1. The van der Waals surface area contributed by atoms with Crippen LogP contribution in [0.5, 0.6) is 0 Å². The molecule has 6 nitrogen and oxygen atoms in total. The number of likely N-dealkylation sites (tertiary alicyclic amines) is 1. The van der Waals surface area contributed by atoms with Gasteiger partial charge in [-0.15, -0.1) is 0 Å². The van der Waals surface area contributed by atoms with E-state index in [0.29, 0.717) is 17.6 Å². The van der Waals surface area contributed by atoms with Gasteiger partial charge in [-0.25, -0.2) is 4.79 Å². The molecule has 1 atom stereocenters. The van der Waals surface area contributed by atoms with Gasteiger partial charge in [0.25, 0.3) is 0 Å². The maximum Gasteiger partial charge on any atom is 0.410 e. The number of aromatic nitrogens is 2. The Morgan fingerprint density at radius 1 is 1.43 bits per heavy atom. The third-order valence-electron chi connectivity index (χ3n) is 3.91. The zero-order chi connectivity index (χ0) is 15.6. The standard InChI is InChI=1S/C15H26N4O2/c1-11(19-10-13(16)9-17-19)12-5-7-18(8-6-12)14(20)21-15(2,3)4/h9-12H,5-8,16H2,1-4H3. The number of piperidine rings is 1. The SMILES string of the molecule is CC(C1CCN(C(=O)OC(C)(C)C)CC1)n1cc(N)cn1. The molecule has 1 aliphatic heterocycles. The summed E-state index contributed by atoms with van der Waals surface area (Å²) in [6.45, 7) is 9.30. The Morgan fingerprint density at radius 2 is 2.05 bits per heavy atom. The minimum atomic E-state index is -0.437. The Kier molecular flexibility index (Phi) is 4.44. The third-order valence-corrected chi connectivity index (χ3v) is 3.91. The van der Waals surface area contributed by atoms with Gasteiger partial charge in [-0.1, -0.05) is 0 Å². The molecule has 0 radical (unpaired) electrons. The van der Waals surface area contributed by atoms with E-state index < -0.39 is 5.60 Å². The smallest absolute Gasteiger partial charge is 0.410 e. The molecule has 1 saturated heterocycles. The van der Waals surface area contributed by atoms with Gasteiger partial charge in [-0.3, -0.25) is 4.68 Å². The largest absolute Gasteiger partial charge is 0.444 e. The number of amides is 1. The van der Waals surface area contributed by atoms with Crippen LogP contribution in [0.2, 0.25) is 0 Å². The summed E-state index contributed by atoms with van der Waals surface area (Å²) in [6.07, 6.45) is 5.24. The fourth-order valence-corrected chi connectivity index (χ4v) is 2.68. The van der Waals surface area contributed by atoms with Crippen LogP contribution in [0.15, 0.2) is 12.4 Å². The second kappa shape index (κ2) is 5.95. The van der Waals surface area contributed by atoms with Crippen molar-refractivity contribution < 1.29 is 9.53 Å². The second-order valence-electron chi connectivity index (χ2n) is 6.80. The number of rotatable bonds is 2. The molecule has 118 valence electrons. The lowest BCUT2D eigenvalue weighted by molar-refractivity contribution is 0.0163. The Bertz CT molecular complexity index is 484. The first-order chi connectivity index (χ1) is 9.76. The summed E-state index contributed by atoms with van der Waals surface area (Å²) in [6, 6.07) is 0.295. The van der Waals surface area contributed by atoms with E-state index in [-0.39, 0.29) is 6.09 Å². The van der Waals surface area contributed by atoms with Crippen LogP contribution in [0.1, 0.15) is 46.6 Å². The molecule has 2 N–H and O–H groups in total. The first-order valence-electron chi connectivity index (χ1n) is 7.54. The fraction of sp³-hybridized carbons (Fsp3) is 0.733. The minimum absolute atomic E-state index is 0.211. The minimum Gasteiger partial charge on any atom is -0.444 e. The number of hydrogen-bond acceptors (Lipinski definition) is 4. The Hall–Kier alpha value is -1.72. The van der Waals surface area contributed by atoms with Gasteiger partial charge < -0.3 is 15.4 Å². The molecule has 1 amide bonds. The van der Waals surface area contributed by atoms with E-state index in [9.17, 15) is 4.79 Å². The van der Waals surface area contributed by atoms with E-state index in [2.05, 4.69) is 12.0 Å². The van der Waals surface area contributed by atoms with Gasteiger partial charge in [-0.2, -0.15) is 5.10 Å². The summed E-state index contributed by atoms with van der Waals surface area (Å²) >= 11 is 0. The molecule has 1 aromatic heterocycles. The monoisotopic (exact) mass is 294 g/mol. The molecule has 6 heteroatoms. The van der Waals surface area contributed by atoms with Gasteiger partial charge >= 0.3 is 6.09 Å². The average molecular weight is 294 g/mol. The molecular weight excluding hydrogens is 268 g/mol. The van der Waals surface area contributed by atoms with Gasteiger partial charge in [0.05, 0.1) is 17.9 Å². The molecule has 1 unspecified atom stereocenters. The van der Waals surface area contributed by atoms with Gasteiger partial charge in [0.2, 0.25) is 0 Å². The summed E-state index contributed by atoms with van der Waals surface area (Å²) in [7, 11) is 0. The highest BCUT2D eigenvalue weighted by molar-refractivity contribution is 5.68. The second-order valence-corrected chi connectivity index (χ2v) is 6.80.